The van der Waals surface area contributed by atoms with Crippen molar-refractivity contribution < 1.29 is 28.2 Å². The molecule has 2 aromatic carbocycles. The first-order valence-electron chi connectivity index (χ1n) is 9.69. The normalized spacial score (nSPS) is 14.8. The molecule has 33 heavy (non-hydrogen) atoms. The molecule has 1 fully saturated rings. The Labute approximate surface area is 208 Å². The molecule has 0 atom stereocenters. The summed E-state index contributed by atoms with van der Waals surface area (Å²) in [5.41, 5.74) is 0.897. The molecule has 0 unspecified atom stereocenters. The van der Waals surface area contributed by atoms with E-state index in [1.807, 2.05) is 22.6 Å². The number of hydrogen-bond acceptors (Lipinski definition) is 6. The molecule has 0 saturated carbocycles. The minimum Gasteiger partial charge on any atom is -0.490 e. The first-order valence-corrected chi connectivity index (χ1v) is 11.2. The molecule has 3 amide bonds. The van der Waals surface area contributed by atoms with Gasteiger partial charge < -0.3 is 14.8 Å². The van der Waals surface area contributed by atoms with Gasteiger partial charge in [-0.15, -0.1) is 0 Å². The molecule has 0 aromatic heterocycles. The van der Waals surface area contributed by atoms with Crippen molar-refractivity contribution in [2.45, 2.75) is 6.92 Å². The topological polar surface area (TPSA) is 97.0 Å². The summed E-state index contributed by atoms with van der Waals surface area (Å²) < 4.78 is 25.0. The molecule has 1 heterocycles. The minimum absolute atomic E-state index is 0.0365. The number of halogens is 2. The summed E-state index contributed by atoms with van der Waals surface area (Å²) in [7, 11) is 1.47. The van der Waals surface area contributed by atoms with Gasteiger partial charge in [-0.3, -0.25) is 24.6 Å². The Balaban J connectivity index is 1.80. The SMILES string of the molecule is CCOc1cc(/C=C2\C(=O)NC(=S)N(C)C2=O)cc(I)c1OCC(=O)Nc1ccc(F)cc1. The van der Waals surface area contributed by atoms with E-state index in [2.05, 4.69) is 10.6 Å². The zero-order chi connectivity index (χ0) is 24.1. The van der Waals surface area contributed by atoms with Crippen LogP contribution in [0.1, 0.15) is 12.5 Å². The van der Waals surface area contributed by atoms with Gasteiger partial charge in [0, 0.05) is 12.7 Å². The Hall–Kier alpha value is -3.06. The molecule has 11 heteroatoms. The van der Waals surface area contributed by atoms with Crippen molar-refractivity contribution in [1.82, 2.24) is 10.2 Å². The third-order valence-corrected chi connectivity index (χ3v) is 5.60. The van der Waals surface area contributed by atoms with E-state index in [1.165, 1.54) is 42.3 Å². The maximum atomic E-state index is 13.0. The summed E-state index contributed by atoms with van der Waals surface area (Å²) in [6.45, 7) is 1.80. The van der Waals surface area contributed by atoms with Crippen LogP contribution in [0.25, 0.3) is 6.08 Å². The van der Waals surface area contributed by atoms with Crippen molar-refractivity contribution in [1.29, 1.82) is 0 Å². The quantitative estimate of drug-likeness (QED) is 0.225. The number of rotatable bonds is 7. The second-order valence-corrected chi connectivity index (χ2v) is 8.34. The van der Waals surface area contributed by atoms with E-state index in [1.54, 1.807) is 19.1 Å². The summed E-state index contributed by atoms with van der Waals surface area (Å²) in [6, 6.07) is 8.66. The highest BCUT2D eigenvalue weighted by Gasteiger charge is 2.31. The second kappa shape index (κ2) is 10.7. The van der Waals surface area contributed by atoms with Gasteiger partial charge in [0.15, 0.2) is 23.2 Å². The Morgan fingerprint density at radius 2 is 1.94 bits per heavy atom. The number of benzene rings is 2. The van der Waals surface area contributed by atoms with Gasteiger partial charge >= 0.3 is 0 Å². The monoisotopic (exact) mass is 583 g/mol. The fourth-order valence-corrected chi connectivity index (χ4v) is 3.81. The first-order chi connectivity index (χ1) is 15.7. The van der Waals surface area contributed by atoms with Crippen LogP contribution < -0.4 is 20.1 Å². The molecule has 0 spiro atoms. The lowest BCUT2D eigenvalue weighted by atomic mass is 10.1. The predicted molar refractivity (Wildman–Crippen MR) is 132 cm³/mol. The lowest BCUT2D eigenvalue weighted by Crippen LogP contribution is -2.52. The molecule has 3 rings (SSSR count). The van der Waals surface area contributed by atoms with Crippen LogP contribution in [0.2, 0.25) is 0 Å². The minimum atomic E-state index is -0.589. The van der Waals surface area contributed by atoms with Crippen molar-refractivity contribution in [3.05, 3.63) is 56.9 Å². The van der Waals surface area contributed by atoms with Gasteiger partial charge in [0.05, 0.1) is 10.2 Å². The van der Waals surface area contributed by atoms with Crippen LogP contribution in [0.15, 0.2) is 42.0 Å². The maximum Gasteiger partial charge on any atom is 0.265 e. The molecule has 0 aliphatic carbocycles. The molecule has 8 nitrogen and oxygen atoms in total. The van der Waals surface area contributed by atoms with Crippen molar-refractivity contribution in [3.63, 3.8) is 0 Å². The smallest absolute Gasteiger partial charge is 0.265 e. The number of nitrogens with zero attached hydrogens (tertiary/aromatic N) is 1. The molecule has 1 aliphatic heterocycles. The maximum absolute atomic E-state index is 13.0. The highest BCUT2D eigenvalue weighted by atomic mass is 127. The van der Waals surface area contributed by atoms with Crippen LogP contribution in [-0.2, 0) is 14.4 Å². The van der Waals surface area contributed by atoms with Gasteiger partial charge in [-0.25, -0.2) is 4.39 Å². The van der Waals surface area contributed by atoms with Crippen LogP contribution in [-0.4, -0.2) is 48.0 Å². The van der Waals surface area contributed by atoms with Crippen molar-refractivity contribution in [2.24, 2.45) is 0 Å². The third kappa shape index (κ3) is 6.05. The summed E-state index contributed by atoms with van der Waals surface area (Å²) in [5, 5.41) is 5.11. The summed E-state index contributed by atoms with van der Waals surface area (Å²) in [4.78, 5) is 38.1. The fourth-order valence-electron chi connectivity index (χ4n) is 2.85. The van der Waals surface area contributed by atoms with Gasteiger partial charge in [-0.1, -0.05) is 0 Å². The highest BCUT2D eigenvalue weighted by Crippen LogP contribution is 2.35. The molecule has 0 bridgehead atoms. The lowest BCUT2D eigenvalue weighted by Gasteiger charge is -2.25. The number of carbonyl (C=O) groups excluding carboxylic acids is 3. The summed E-state index contributed by atoms with van der Waals surface area (Å²) in [6.07, 6.45) is 1.44. The van der Waals surface area contributed by atoms with Crippen molar-refractivity contribution in [2.75, 3.05) is 25.6 Å². The first kappa shape index (κ1) is 24.6. The Morgan fingerprint density at radius 3 is 2.61 bits per heavy atom. The molecule has 1 saturated heterocycles. The molecule has 1 aliphatic rings. The van der Waals surface area contributed by atoms with Gasteiger partial charge in [0.2, 0.25) is 0 Å². The van der Waals surface area contributed by atoms with E-state index in [0.29, 0.717) is 32.9 Å². The number of nitrogens with one attached hydrogen (secondary N) is 2. The van der Waals surface area contributed by atoms with Crippen LogP contribution in [0.5, 0.6) is 11.5 Å². The van der Waals surface area contributed by atoms with Crippen LogP contribution >= 0.6 is 34.8 Å². The number of anilines is 1. The standard InChI is InChI=1S/C22H19FIN3O5S/c1-3-31-17-10-12(8-15-20(29)26-22(33)27(2)21(15)30)9-16(24)19(17)32-11-18(28)25-14-6-4-13(23)5-7-14/h4-10H,3,11H2,1-2H3,(H,25,28)(H,26,29,33)/b15-8+. The van der Waals surface area contributed by atoms with E-state index in [0.717, 1.165) is 0 Å². The Morgan fingerprint density at radius 1 is 1.24 bits per heavy atom. The Kier molecular flexibility index (Phi) is 7.97. The van der Waals surface area contributed by atoms with Gasteiger partial charge in [0.1, 0.15) is 11.4 Å². The van der Waals surface area contributed by atoms with Gasteiger partial charge in [-0.05, 0) is 89.8 Å². The van der Waals surface area contributed by atoms with Crippen LogP contribution in [0.4, 0.5) is 10.1 Å². The highest BCUT2D eigenvalue weighted by molar-refractivity contribution is 14.1. The molecule has 2 N–H and O–H groups in total. The van der Waals surface area contributed by atoms with Crippen molar-refractivity contribution >= 4 is 69.4 Å². The van der Waals surface area contributed by atoms with E-state index in [9.17, 15) is 18.8 Å². The number of ether oxygens (including phenoxy) is 2. The average molecular weight is 583 g/mol. The number of amides is 3. The van der Waals surface area contributed by atoms with Gasteiger partial charge in [0.25, 0.3) is 17.7 Å². The molecule has 172 valence electrons. The second-order valence-electron chi connectivity index (χ2n) is 6.79. The van der Waals surface area contributed by atoms with E-state index in [4.69, 9.17) is 21.7 Å². The number of likely N-dealkylation sites (N-methyl/N-ethyl adjacent to an activating group) is 1. The lowest BCUT2D eigenvalue weighted by molar-refractivity contribution is -0.128. The van der Waals surface area contributed by atoms with Crippen molar-refractivity contribution in [3.8, 4) is 11.5 Å². The average Bonchev–Trinajstić information content (AvgIpc) is 2.76. The third-order valence-electron chi connectivity index (χ3n) is 4.42. The zero-order valence-corrected chi connectivity index (χ0v) is 20.6. The molecular weight excluding hydrogens is 564 g/mol. The Bertz CT molecular complexity index is 1150. The number of hydrogen-bond donors (Lipinski definition) is 2. The number of thiocarbonyl (C=S) groups is 1. The summed E-state index contributed by atoms with van der Waals surface area (Å²) >= 11 is 6.96. The summed E-state index contributed by atoms with van der Waals surface area (Å²) in [5.74, 6) is -1.26. The molecular formula is C22H19FIN3O5S. The molecule has 2 aromatic rings. The van der Waals surface area contributed by atoms with E-state index >= 15 is 0 Å². The predicted octanol–water partition coefficient (Wildman–Crippen LogP) is 3.10. The zero-order valence-electron chi connectivity index (χ0n) is 17.6. The van der Waals surface area contributed by atoms with Gasteiger partial charge in [-0.2, -0.15) is 0 Å². The fraction of sp³-hybridized carbons (Fsp3) is 0.182. The van der Waals surface area contributed by atoms with Crippen LogP contribution in [0.3, 0.4) is 0 Å². The largest absolute Gasteiger partial charge is 0.490 e. The number of carbonyl (C=O) groups is 3. The van der Waals surface area contributed by atoms with Crippen LogP contribution in [0, 0.1) is 9.39 Å². The van der Waals surface area contributed by atoms with E-state index < -0.39 is 23.5 Å². The van der Waals surface area contributed by atoms with E-state index in [-0.39, 0.29) is 17.3 Å². The molecule has 0 radical (unpaired) electrons.